The van der Waals surface area contributed by atoms with Gasteiger partial charge in [-0.15, -0.1) is 0 Å². The lowest BCUT2D eigenvalue weighted by molar-refractivity contribution is 0.311. The topological polar surface area (TPSA) is 38.7 Å². The fraction of sp³-hybridized carbons (Fsp3) is 0.538. The molecule has 0 spiro atoms. The monoisotopic (exact) mass is 235 g/mol. The van der Waals surface area contributed by atoms with Gasteiger partial charge >= 0.3 is 0 Å². The maximum atomic E-state index is 10.0. The molecule has 1 aliphatic heterocycles. The molecule has 94 valence electrons. The predicted octanol–water partition coefficient (Wildman–Crippen LogP) is 1.58. The molecule has 0 atom stereocenters. The molecule has 0 amide bonds. The van der Waals surface area contributed by atoms with Gasteiger partial charge in [-0.2, -0.15) is 0 Å². The maximum absolute atomic E-state index is 10.0. The summed E-state index contributed by atoms with van der Waals surface area (Å²) in [5.74, 6) is 0.369. The SMILES string of the molecule is CCNc1ccc(N2CCN(C)CC2)c(O)c1. The van der Waals surface area contributed by atoms with E-state index in [0.717, 1.165) is 44.1 Å². The van der Waals surface area contributed by atoms with Gasteiger partial charge in [-0.1, -0.05) is 0 Å². The van der Waals surface area contributed by atoms with E-state index >= 15 is 0 Å². The average molecular weight is 235 g/mol. The Hall–Kier alpha value is -1.42. The van der Waals surface area contributed by atoms with Gasteiger partial charge in [-0.05, 0) is 26.1 Å². The summed E-state index contributed by atoms with van der Waals surface area (Å²) in [4.78, 5) is 4.55. The number of benzene rings is 1. The number of piperazine rings is 1. The zero-order valence-corrected chi connectivity index (χ0v) is 10.6. The van der Waals surface area contributed by atoms with Crippen LogP contribution in [0, 0.1) is 0 Å². The Kier molecular flexibility index (Phi) is 3.74. The van der Waals surface area contributed by atoms with Crippen LogP contribution >= 0.6 is 0 Å². The number of aromatic hydroxyl groups is 1. The van der Waals surface area contributed by atoms with Gasteiger partial charge in [0.25, 0.3) is 0 Å². The van der Waals surface area contributed by atoms with E-state index in [9.17, 15) is 5.11 Å². The van der Waals surface area contributed by atoms with E-state index in [1.165, 1.54) is 0 Å². The molecule has 0 bridgehead atoms. The third-order valence-electron chi connectivity index (χ3n) is 3.20. The van der Waals surface area contributed by atoms with E-state index in [0.29, 0.717) is 5.75 Å². The van der Waals surface area contributed by atoms with E-state index in [4.69, 9.17) is 0 Å². The minimum Gasteiger partial charge on any atom is -0.506 e. The molecule has 2 N–H and O–H groups in total. The van der Waals surface area contributed by atoms with E-state index < -0.39 is 0 Å². The summed E-state index contributed by atoms with van der Waals surface area (Å²) >= 11 is 0. The Morgan fingerprint density at radius 1 is 1.24 bits per heavy atom. The first-order valence-corrected chi connectivity index (χ1v) is 6.21. The molecule has 0 radical (unpaired) electrons. The summed E-state index contributed by atoms with van der Waals surface area (Å²) in [6, 6.07) is 5.83. The second-order valence-corrected chi connectivity index (χ2v) is 4.52. The molecule has 1 aromatic rings. The van der Waals surface area contributed by atoms with Gasteiger partial charge < -0.3 is 20.2 Å². The molecule has 0 unspecified atom stereocenters. The number of hydrogen-bond donors (Lipinski definition) is 2. The highest BCUT2D eigenvalue weighted by Crippen LogP contribution is 2.30. The van der Waals surface area contributed by atoms with Crippen LogP contribution in [0.25, 0.3) is 0 Å². The van der Waals surface area contributed by atoms with Crippen LogP contribution in [0.2, 0.25) is 0 Å². The number of anilines is 2. The van der Waals surface area contributed by atoms with Crippen LogP contribution in [-0.4, -0.2) is 49.8 Å². The van der Waals surface area contributed by atoms with Gasteiger partial charge in [0.05, 0.1) is 5.69 Å². The lowest BCUT2D eigenvalue weighted by atomic mass is 10.2. The highest BCUT2D eigenvalue weighted by atomic mass is 16.3. The summed E-state index contributed by atoms with van der Waals surface area (Å²) in [5, 5.41) is 13.2. The van der Waals surface area contributed by atoms with Crippen molar-refractivity contribution < 1.29 is 5.11 Å². The molecule has 2 rings (SSSR count). The van der Waals surface area contributed by atoms with Crippen LogP contribution in [0.15, 0.2) is 18.2 Å². The molecule has 1 aromatic carbocycles. The molecule has 0 aromatic heterocycles. The number of rotatable bonds is 3. The summed E-state index contributed by atoms with van der Waals surface area (Å²) < 4.78 is 0. The van der Waals surface area contributed by atoms with E-state index in [2.05, 4.69) is 22.2 Å². The highest BCUT2D eigenvalue weighted by molar-refractivity contribution is 5.64. The largest absolute Gasteiger partial charge is 0.506 e. The predicted molar refractivity (Wildman–Crippen MR) is 72.0 cm³/mol. The van der Waals surface area contributed by atoms with Gasteiger partial charge in [-0.3, -0.25) is 0 Å². The third kappa shape index (κ3) is 2.82. The van der Waals surface area contributed by atoms with Gasteiger partial charge in [0.1, 0.15) is 5.75 Å². The number of hydrogen-bond acceptors (Lipinski definition) is 4. The zero-order chi connectivity index (χ0) is 12.3. The number of phenols is 1. The second-order valence-electron chi connectivity index (χ2n) is 4.52. The summed E-state index contributed by atoms with van der Waals surface area (Å²) in [6.45, 7) is 6.97. The minimum absolute atomic E-state index is 0.369. The first-order valence-electron chi connectivity index (χ1n) is 6.21. The van der Waals surface area contributed by atoms with Gasteiger partial charge in [-0.25, -0.2) is 0 Å². The molecule has 1 saturated heterocycles. The summed E-state index contributed by atoms with van der Waals surface area (Å²) in [5.41, 5.74) is 1.92. The number of likely N-dealkylation sites (N-methyl/N-ethyl adjacent to an activating group) is 1. The average Bonchev–Trinajstić information content (AvgIpc) is 2.31. The van der Waals surface area contributed by atoms with Crippen molar-refractivity contribution in [3.8, 4) is 5.75 Å². The molecule has 0 saturated carbocycles. The molecule has 1 fully saturated rings. The first-order chi connectivity index (χ1) is 8.20. The van der Waals surface area contributed by atoms with E-state index in [1.54, 1.807) is 6.07 Å². The summed E-state index contributed by atoms with van der Waals surface area (Å²) in [6.07, 6.45) is 0. The molecule has 0 aliphatic carbocycles. The fourth-order valence-corrected chi connectivity index (χ4v) is 2.15. The van der Waals surface area contributed by atoms with Crippen molar-refractivity contribution in [3.05, 3.63) is 18.2 Å². The van der Waals surface area contributed by atoms with Crippen molar-refractivity contribution in [2.75, 3.05) is 50.0 Å². The van der Waals surface area contributed by atoms with Crippen LogP contribution in [0.1, 0.15) is 6.92 Å². The van der Waals surface area contributed by atoms with Crippen molar-refractivity contribution in [2.45, 2.75) is 6.92 Å². The quantitative estimate of drug-likeness (QED) is 0.834. The Morgan fingerprint density at radius 2 is 1.94 bits per heavy atom. The molecule has 4 heteroatoms. The Balaban J connectivity index is 2.10. The molecule has 1 aliphatic rings. The van der Waals surface area contributed by atoms with Crippen LogP contribution in [-0.2, 0) is 0 Å². The van der Waals surface area contributed by atoms with Crippen molar-refractivity contribution in [1.29, 1.82) is 0 Å². The van der Waals surface area contributed by atoms with Gasteiger partial charge in [0.2, 0.25) is 0 Å². The molecular weight excluding hydrogens is 214 g/mol. The van der Waals surface area contributed by atoms with E-state index in [1.807, 2.05) is 19.1 Å². The Bertz CT molecular complexity index is 373. The Labute approximate surface area is 103 Å². The minimum atomic E-state index is 0.369. The maximum Gasteiger partial charge on any atom is 0.140 e. The fourth-order valence-electron chi connectivity index (χ4n) is 2.15. The molecule has 1 heterocycles. The highest BCUT2D eigenvalue weighted by Gasteiger charge is 2.16. The number of nitrogens with zero attached hydrogens (tertiary/aromatic N) is 2. The summed E-state index contributed by atoms with van der Waals surface area (Å²) in [7, 11) is 2.13. The number of nitrogens with one attached hydrogen (secondary N) is 1. The van der Waals surface area contributed by atoms with Crippen LogP contribution in [0.4, 0.5) is 11.4 Å². The zero-order valence-electron chi connectivity index (χ0n) is 10.6. The van der Waals surface area contributed by atoms with Gasteiger partial charge in [0.15, 0.2) is 0 Å². The molecule has 17 heavy (non-hydrogen) atoms. The van der Waals surface area contributed by atoms with Crippen molar-refractivity contribution in [2.24, 2.45) is 0 Å². The number of phenolic OH excluding ortho intramolecular Hbond substituents is 1. The molecule has 4 nitrogen and oxygen atoms in total. The first kappa shape index (κ1) is 12.0. The smallest absolute Gasteiger partial charge is 0.140 e. The normalized spacial score (nSPS) is 17.2. The van der Waals surface area contributed by atoms with Gasteiger partial charge in [0, 0.05) is 44.5 Å². The lowest BCUT2D eigenvalue weighted by Gasteiger charge is -2.34. The van der Waals surface area contributed by atoms with Crippen molar-refractivity contribution in [1.82, 2.24) is 4.90 Å². The third-order valence-corrected chi connectivity index (χ3v) is 3.20. The second kappa shape index (κ2) is 5.27. The van der Waals surface area contributed by atoms with Crippen molar-refractivity contribution >= 4 is 11.4 Å². The Morgan fingerprint density at radius 3 is 2.53 bits per heavy atom. The van der Waals surface area contributed by atoms with Crippen molar-refractivity contribution in [3.63, 3.8) is 0 Å². The molecular formula is C13H21N3O. The van der Waals surface area contributed by atoms with Crippen LogP contribution < -0.4 is 10.2 Å². The van der Waals surface area contributed by atoms with Crippen LogP contribution in [0.5, 0.6) is 5.75 Å². The standard InChI is InChI=1S/C13H21N3O/c1-3-14-11-4-5-12(13(17)10-11)16-8-6-15(2)7-9-16/h4-5,10,14,17H,3,6-9H2,1-2H3. The lowest BCUT2D eigenvalue weighted by Crippen LogP contribution is -2.44. The van der Waals surface area contributed by atoms with Crippen LogP contribution in [0.3, 0.4) is 0 Å². The van der Waals surface area contributed by atoms with E-state index in [-0.39, 0.29) is 0 Å².